The van der Waals surface area contributed by atoms with Crippen LogP contribution in [0.1, 0.15) is 38.2 Å². The summed E-state index contributed by atoms with van der Waals surface area (Å²) in [5.41, 5.74) is 7.13. The van der Waals surface area contributed by atoms with Crippen molar-refractivity contribution in [1.82, 2.24) is 5.32 Å². The molecule has 0 fully saturated rings. The highest BCUT2D eigenvalue weighted by Gasteiger charge is 1.94. The number of unbranched alkanes of at least 4 members (excludes halogenated alkanes) is 2. The van der Waals surface area contributed by atoms with E-state index in [1.54, 1.807) is 0 Å². The van der Waals surface area contributed by atoms with Crippen LogP contribution in [0.15, 0.2) is 35.3 Å². The Morgan fingerprint density at radius 2 is 1.89 bits per heavy atom. The summed E-state index contributed by atoms with van der Waals surface area (Å²) in [6.07, 6.45) is 5.82. The number of hydrogen-bond acceptors (Lipinski definition) is 1. The highest BCUT2D eigenvalue weighted by Crippen LogP contribution is 2.05. The molecule has 3 nitrogen and oxygen atoms in total. The van der Waals surface area contributed by atoms with Crippen molar-refractivity contribution in [2.45, 2.75) is 39.0 Å². The summed E-state index contributed by atoms with van der Waals surface area (Å²) in [7, 11) is 0. The molecule has 108 valence electrons. The maximum atomic E-state index is 5.70. The van der Waals surface area contributed by atoms with Crippen LogP contribution in [0.5, 0.6) is 0 Å². The number of halogens is 1. The van der Waals surface area contributed by atoms with Gasteiger partial charge in [-0.25, -0.2) is 0 Å². The van der Waals surface area contributed by atoms with Gasteiger partial charge in [-0.15, -0.1) is 24.0 Å². The van der Waals surface area contributed by atoms with Crippen LogP contribution >= 0.6 is 24.0 Å². The predicted molar refractivity (Wildman–Crippen MR) is 94.2 cm³/mol. The van der Waals surface area contributed by atoms with Gasteiger partial charge in [0.2, 0.25) is 0 Å². The van der Waals surface area contributed by atoms with Crippen molar-refractivity contribution < 1.29 is 0 Å². The van der Waals surface area contributed by atoms with Crippen LogP contribution in [-0.4, -0.2) is 19.0 Å². The smallest absolute Gasteiger partial charge is 0.188 e. The monoisotopic (exact) mass is 375 g/mol. The van der Waals surface area contributed by atoms with E-state index in [1.807, 2.05) is 0 Å². The van der Waals surface area contributed by atoms with Gasteiger partial charge in [-0.1, -0.05) is 43.7 Å². The zero-order valence-corrected chi connectivity index (χ0v) is 14.1. The first-order valence-electron chi connectivity index (χ1n) is 6.90. The normalized spacial score (nSPS) is 10.9. The lowest BCUT2D eigenvalue weighted by molar-refractivity contribution is 0.661. The quantitative estimate of drug-likeness (QED) is 0.317. The van der Waals surface area contributed by atoms with Crippen LogP contribution in [0.3, 0.4) is 0 Å². The van der Waals surface area contributed by atoms with Gasteiger partial charge >= 0.3 is 0 Å². The van der Waals surface area contributed by atoms with E-state index in [4.69, 9.17) is 5.73 Å². The molecule has 0 saturated heterocycles. The highest BCUT2D eigenvalue weighted by atomic mass is 127. The molecule has 0 amide bonds. The number of nitrogens with zero attached hydrogens (tertiary/aromatic N) is 1. The topological polar surface area (TPSA) is 50.4 Å². The minimum atomic E-state index is 0. The molecule has 1 rings (SSSR count). The SMILES string of the molecule is CCCN=C(N)NCCCCCc1ccccc1.I. The molecular formula is C15H26IN3. The number of benzene rings is 1. The fourth-order valence-electron chi connectivity index (χ4n) is 1.78. The summed E-state index contributed by atoms with van der Waals surface area (Å²) in [6, 6.07) is 10.6. The molecule has 1 aromatic rings. The predicted octanol–water partition coefficient (Wildman–Crippen LogP) is 3.33. The van der Waals surface area contributed by atoms with E-state index in [-0.39, 0.29) is 24.0 Å². The lowest BCUT2D eigenvalue weighted by Crippen LogP contribution is -2.32. The molecule has 0 aromatic heterocycles. The molecule has 3 N–H and O–H groups in total. The molecule has 0 aliphatic rings. The van der Waals surface area contributed by atoms with Gasteiger partial charge in [0.15, 0.2) is 5.96 Å². The second-order valence-electron chi connectivity index (χ2n) is 4.49. The number of nitrogens with one attached hydrogen (secondary N) is 1. The summed E-state index contributed by atoms with van der Waals surface area (Å²) >= 11 is 0. The van der Waals surface area contributed by atoms with Gasteiger partial charge < -0.3 is 11.1 Å². The highest BCUT2D eigenvalue weighted by molar-refractivity contribution is 14.0. The summed E-state index contributed by atoms with van der Waals surface area (Å²) < 4.78 is 0. The lowest BCUT2D eigenvalue weighted by atomic mass is 10.1. The maximum Gasteiger partial charge on any atom is 0.188 e. The van der Waals surface area contributed by atoms with E-state index < -0.39 is 0 Å². The largest absolute Gasteiger partial charge is 0.370 e. The Labute approximate surface area is 134 Å². The molecule has 0 aliphatic heterocycles. The second-order valence-corrected chi connectivity index (χ2v) is 4.49. The van der Waals surface area contributed by atoms with E-state index in [0.29, 0.717) is 5.96 Å². The zero-order valence-electron chi connectivity index (χ0n) is 11.8. The third-order valence-corrected chi connectivity index (χ3v) is 2.80. The molecule has 4 heteroatoms. The Bertz CT molecular complexity index is 339. The maximum absolute atomic E-state index is 5.70. The first-order chi connectivity index (χ1) is 8.83. The molecule has 0 aliphatic carbocycles. The van der Waals surface area contributed by atoms with Gasteiger partial charge in [-0.05, 0) is 31.2 Å². The fourth-order valence-corrected chi connectivity index (χ4v) is 1.78. The molecule has 0 spiro atoms. The molecule has 0 radical (unpaired) electrons. The summed E-state index contributed by atoms with van der Waals surface area (Å²) in [5, 5.41) is 3.14. The third kappa shape index (κ3) is 9.76. The number of aliphatic imine (C=N–C) groups is 1. The van der Waals surface area contributed by atoms with Crippen LogP contribution in [0.4, 0.5) is 0 Å². The van der Waals surface area contributed by atoms with Crippen molar-refractivity contribution in [1.29, 1.82) is 0 Å². The first-order valence-corrected chi connectivity index (χ1v) is 6.90. The number of rotatable bonds is 8. The molecular weight excluding hydrogens is 349 g/mol. The Balaban J connectivity index is 0.00000324. The third-order valence-electron chi connectivity index (χ3n) is 2.80. The van der Waals surface area contributed by atoms with E-state index >= 15 is 0 Å². The van der Waals surface area contributed by atoms with E-state index in [2.05, 4.69) is 47.6 Å². The lowest BCUT2D eigenvalue weighted by Gasteiger charge is -2.05. The van der Waals surface area contributed by atoms with Gasteiger partial charge in [0.25, 0.3) is 0 Å². The first kappa shape index (κ1) is 18.2. The average molecular weight is 375 g/mol. The van der Waals surface area contributed by atoms with Crippen LogP contribution in [0.25, 0.3) is 0 Å². The molecule has 0 bridgehead atoms. The van der Waals surface area contributed by atoms with Crippen molar-refractivity contribution in [3.8, 4) is 0 Å². The molecule has 0 saturated carbocycles. The molecule has 0 atom stereocenters. The number of nitrogens with two attached hydrogens (primary N) is 1. The van der Waals surface area contributed by atoms with Crippen LogP contribution in [-0.2, 0) is 6.42 Å². The molecule has 0 heterocycles. The fraction of sp³-hybridized carbons (Fsp3) is 0.533. The van der Waals surface area contributed by atoms with Gasteiger partial charge in [0.1, 0.15) is 0 Å². The molecule has 19 heavy (non-hydrogen) atoms. The zero-order chi connectivity index (χ0) is 13.1. The van der Waals surface area contributed by atoms with E-state index in [9.17, 15) is 0 Å². The van der Waals surface area contributed by atoms with Crippen LogP contribution in [0.2, 0.25) is 0 Å². The van der Waals surface area contributed by atoms with Crippen LogP contribution < -0.4 is 11.1 Å². The Kier molecular flexibility index (Phi) is 11.8. The molecule has 0 unspecified atom stereocenters. The van der Waals surface area contributed by atoms with Crippen molar-refractivity contribution in [2.75, 3.05) is 13.1 Å². The Hall–Kier alpha value is -0.780. The van der Waals surface area contributed by atoms with Crippen molar-refractivity contribution in [3.63, 3.8) is 0 Å². The Morgan fingerprint density at radius 1 is 1.16 bits per heavy atom. The second kappa shape index (κ2) is 12.3. The van der Waals surface area contributed by atoms with Crippen molar-refractivity contribution >= 4 is 29.9 Å². The van der Waals surface area contributed by atoms with Crippen molar-refractivity contribution in [2.24, 2.45) is 10.7 Å². The summed E-state index contributed by atoms with van der Waals surface area (Å²) in [4.78, 5) is 4.19. The number of hydrogen-bond donors (Lipinski definition) is 2. The van der Waals surface area contributed by atoms with E-state index in [1.165, 1.54) is 24.8 Å². The minimum Gasteiger partial charge on any atom is -0.370 e. The summed E-state index contributed by atoms with van der Waals surface area (Å²) in [6.45, 7) is 3.83. The van der Waals surface area contributed by atoms with Crippen molar-refractivity contribution in [3.05, 3.63) is 35.9 Å². The van der Waals surface area contributed by atoms with Gasteiger partial charge in [-0.3, -0.25) is 4.99 Å². The van der Waals surface area contributed by atoms with Gasteiger partial charge in [0, 0.05) is 13.1 Å². The van der Waals surface area contributed by atoms with E-state index in [0.717, 1.165) is 25.9 Å². The molecule has 1 aromatic carbocycles. The van der Waals surface area contributed by atoms with Crippen LogP contribution in [0, 0.1) is 0 Å². The van der Waals surface area contributed by atoms with Gasteiger partial charge in [0.05, 0.1) is 0 Å². The average Bonchev–Trinajstić information content (AvgIpc) is 2.41. The Morgan fingerprint density at radius 3 is 2.58 bits per heavy atom. The minimum absolute atomic E-state index is 0. The standard InChI is InChI=1S/C15H25N3.HI/c1-2-12-17-15(16)18-13-8-4-7-11-14-9-5-3-6-10-14;/h3,5-6,9-10H,2,4,7-8,11-13H2,1H3,(H3,16,17,18);1H. The number of guanidine groups is 1. The van der Waals surface area contributed by atoms with Gasteiger partial charge in [-0.2, -0.15) is 0 Å². The number of aryl methyl sites for hydroxylation is 1. The summed E-state index contributed by atoms with van der Waals surface area (Å²) in [5.74, 6) is 0.583.